The van der Waals surface area contributed by atoms with Crippen molar-refractivity contribution in [2.75, 3.05) is 19.7 Å². The molecular weight excluding hydrogens is 398 g/mol. The number of likely N-dealkylation sites (tertiary alicyclic amines) is 1. The van der Waals surface area contributed by atoms with E-state index >= 15 is 0 Å². The molecule has 1 saturated heterocycles. The van der Waals surface area contributed by atoms with Crippen LogP contribution in [0.1, 0.15) is 24.4 Å². The molecule has 0 N–H and O–H groups in total. The first kappa shape index (κ1) is 19.2. The number of nitrogens with zero attached hydrogens (tertiary/aromatic N) is 9. The maximum Gasteiger partial charge on any atom is 0.409 e. The normalized spacial score (nSPS) is 16.0. The van der Waals surface area contributed by atoms with Crippen LogP contribution in [-0.4, -0.2) is 71.1 Å². The van der Waals surface area contributed by atoms with Gasteiger partial charge in [0.05, 0.1) is 6.54 Å². The number of piperidine rings is 1. The molecule has 152 valence electrons. The molecule has 12 heteroatoms. The van der Waals surface area contributed by atoms with Gasteiger partial charge in [-0.15, -0.1) is 20.4 Å². The van der Waals surface area contributed by atoms with Crippen LogP contribution in [0.3, 0.4) is 0 Å². The van der Waals surface area contributed by atoms with Crippen molar-refractivity contribution in [2.24, 2.45) is 5.92 Å². The van der Waals surface area contributed by atoms with E-state index in [0.717, 1.165) is 18.4 Å². The monoisotopic (exact) mass is 417 g/mol. The van der Waals surface area contributed by atoms with Gasteiger partial charge in [-0.1, -0.05) is 29.8 Å². The number of aromatic nitrogens is 8. The minimum atomic E-state index is -0.453. The first-order valence-corrected chi connectivity index (χ1v) is 9.68. The summed E-state index contributed by atoms with van der Waals surface area (Å²) < 4.78 is 5.58. The van der Waals surface area contributed by atoms with E-state index in [1.807, 2.05) is 18.2 Å². The molecule has 29 heavy (non-hydrogen) atoms. The van der Waals surface area contributed by atoms with Crippen molar-refractivity contribution in [2.45, 2.75) is 25.4 Å². The van der Waals surface area contributed by atoms with Gasteiger partial charge >= 0.3 is 6.09 Å². The molecule has 1 aliphatic heterocycles. The lowest BCUT2D eigenvalue weighted by atomic mass is 9.97. The lowest BCUT2D eigenvalue weighted by Gasteiger charge is -2.31. The third kappa shape index (κ3) is 4.67. The molecule has 0 aliphatic carbocycles. The molecule has 0 radical (unpaired) electrons. The Morgan fingerprint density at radius 3 is 2.59 bits per heavy atom. The molecule has 4 rings (SSSR count). The van der Waals surface area contributed by atoms with Crippen LogP contribution in [0.4, 0.5) is 4.79 Å². The first-order chi connectivity index (χ1) is 14.2. The standard InChI is InChI=1S/C17H20ClN9O2/c18-15-4-2-1-3-14(15)16(27-22-12-20-24-27)10-29-17(28)25-7-5-13(6-8-25)9-26-21-11-19-23-26/h1-4,11-13,16H,5-10H2. The van der Waals surface area contributed by atoms with Gasteiger partial charge in [0.2, 0.25) is 0 Å². The van der Waals surface area contributed by atoms with E-state index in [-0.39, 0.29) is 12.7 Å². The van der Waals surface area contributed by atoms with Crippen molar-refractivity contribution < 1.29 is 9.53 Å². The summed E-state index contributed by atoms with van der Waals surface area (Å²) in [4.78, 5) is 17.3. The Morgan fingerprint density at radius 2 is 1.90 bits per heavy atom. The van der Waals surface area contributed by atoms with E-state index in [4.69, 9.17) is 16.3 Å². The van der Waals surface area contributed by atoms with Gasteiger partial charge in [-0.25, -0.2) is 4.79 Å². The number of amides is 1. The van der Waals surface area contributed by atoms with Crippen LogP contribution < -0.4 is 0 Å². The molecule has 1 atom stereocenters. The van der Waals surface area contributed by atoms with Crippen LogP contribution in [0.2, 0.25) is 5.02 Å². The third-order valence-corrected chi connectivity index (χ3v) is 5.30. The maximum absolute atomic E-state index is 12.6. The fourth-order valence-corrected chi connectivity index (χ4v) is 3.65. The van der Waals surface area contributed by atoms with Crippen LogP contribution in [-0.2, 0) is 11.3 Å². The summed E-state index contributed by atoms with van der Waals surface area (Å²) >= 11 is 6.32. The second-order valence-corrected chi connectivity index (χ2v) is 7.20. The summed E-state index contributed by atoms with van der Waals surface area (Å²) in [6.45, 7) is 2.00. The van der Waals surface area contributed by atoms with Crippen molar-refractivity contribution in [3.63, 3.8) is 0 Å². The highest BCUT2D eigenvalue weighted by Crippen LogP contribution is 2.26. The second kappa shape index (κ2) is 8.95. The Balaban J connectivity index is 1.33. The average Bonchev–Trinajstić information content (AvgIpc) is 3.44. The summed E-state index contributed by atoms with van der Waals surface area (Å²) in [5, 5.41) is 24.0. The average molecular weight is 418 g/mol. The second-order valence-electron chi connectivity index (χ2n) is 6.79. The number of hydrogen-bond donors (Lipinski definition) is 0. The zero-order chi connectivity index (χ0) is 20.1. The Bertz CT molecular complexity index is 911. The number of ether oxygens (including phenoxy) is 1. The highest BCUT2D eigenvalue weighted by Gasteiger charge is 2.26. The number of benzene rings is 1. The van der Waals surface area contributed by atoms with Gasteiger partial charge in [0.15, 0.2) is 12.7 Å². The van der Waals surface area contributed by atoms with Crippen molar-refractivity contribution in [1.82, 2.24) is 45.3 Å². The topological polar surface area (TPSA) is 117 Å². The summed E-state index contributed by atoms with van der Waals surface area (Å²) in [5.74, 6) is 0.406. The number of hydrogen-bond acceptors (Lipinski definition) is 8. The van der Waals surface area contributed by atoms with Crippen molar-refractivity contribution in [1.29, 1.82) is 0 Å². The molecule has 11 nitrogen and oxygen atoms in total. The van der Waals surface area contributed by atoms with Crippen molar-refractivity contribution in [3.8, 4) is 0 Å². The molecule has 1 aliphatic rings. The molecule has 3 aromatic rings. The zero-order valence-corrected chi connectivity index (χ0v) is 16.3. The SMILES string of the molecule is O=C(OCC(c1ccccc1Cl)n1ncnn1)N1CCC(Cn2ncnn2)CC1. The van der Waals surface area contributed by atoms with Crippen LogP contribution >= 0.6 is 11.6 Å². The van der Waals surface area contributed by atoms with E-state index < -0.39 is 6.04 Å². The summed E-state index contributed by atoms with van der Waals surface area (Å²) in [6, 6.07) is 6.88. The first-order valence-electron chi connectivity index (χ1n) is 9.30. The molecule has 0 saturated carbocycles. The van der Waals surface area contributed by atoms with E-state index in [2.05, 4.69) is 30.8 Å². The molecule has 1 unspecified atom stereocenters. The molecule has 1 amide bonds. The van der Waals surface area contributed by atoms with Crippen LogP contribution in [0, 0.1) is 5.92 Å². The van der Waals surface area contributed by atoms with E-state index in [1.165, 1.54) is 17.5 Å². The highest BCUT2D eigenvalue weighted by atomic mass is 35.5. The van der Waals surface area contributed by atoms with E-state index in [0.29, 0.717) is 30.6 Å². The van der Waals surface area contributed by atoms with Gasteiger partial charge in [-0.3, -0.25) is 0 Å². The quantitative estimate of drug-likeness (QED) is 0.591. The molecule has 1 fully saturated rings. The fourth-order valence-electron chi connectivity index (χ4n) is 3.39. The van der Waals surface area contributed by atoms with Gasteiger partial charge in [0.25, 0.3) is 0 Å². The molecule has 3 heterocycles. The third-order valence-electron chi connectivity index (χ3n) is 4.96. The van der Waals surface area contributed by atoms with Gasteiger partial charge in [-0.2, -0.15) is 9.59 Å². The maximum atomic E-state index is 12.6. The Hall–Kier alpha value is -3.08. The van der Waals surface area contributed by atoms with Crippen LogP contribution in [0.25, 0.3) is 0 Å². The lowest BCUT2D eigenvalue weighted by molar-refractivity contribution is 0.0753. The van der Waals surface area contributed by atoms with Crippen LogP contribution in [0.5, 0.6) is 0 Å². The fraction of sp³-hybridized carbons (Fsp3) is 0.471. The van der Waals surface area contributed by atoms with Crippen molar-refractivity contribution in [3.05, 3.63) is 47.5 Å². The van der Waals surface area contributed by atoms with E-state index in [9.17, 15) is 4.79 Å². The lowest BCUT2D eigenvalue weighted by Crippen LogP contribution is -2.40. The Kier molecular flexibility index (Phi) is 5.94. The van der Waals surface area contributed by atoms with E-state index in [1.54, 1.807) is 15.8 Å². The van der Waals surface area contributed by atoms with Gasteiger partial charge < -0.3 is 9.64 Å². The minimum absolute atomic E-state index is 0.0573. The van der Waals surface area contributed by atoms with Crippen molar-refractivity contribution >= 4 is 17.7 Å². The highest BCUT2D eigenvalue weighted by molar-refractivity contribution is 6.31. The predicted octanol–water partition coefficient (Wildman–Crippen LogP) is 1.45. The van der Waals surface area contributed by atoms with Crippen LogP contribution in [0.15, 0.2) is 36.9 Å². The van der Waals surface area contributed by atoms with Gasteiger partial charge in [0.1, 0.15) is 12.6 Å². The van der Waals surface area contributed by atoms with Gasteiger partial charge in [-0.05, 0) is 35.3 Å². The molecule has 2 aromatic heterocycles. The Labute approximate surface area is 171 Å². The molecule has 0 bridgehead atoms. The molecule has 0 spiro atoms. The number of halogens is 1. The molecular formula is C17H20ClN9O2. The molecule has 1 aromatic carbocycles. The number of tetrazole rings is 2. The predicted molar refractivity (Wildman–Crippen MR) is 101 cm³/mol. The number of carbonyl (C=O) groups excluding carboxylic acids is 1. The number of carbonyl (C=O) groups is 1. The Morgan fingerprint density at radius 1 is 1.14 bits per heavy atom. The summed E-state index contributed by atoms with van der Waals surface area (Å²) in [7, 11) is 0. The number of rotatable bonds is 6. The van der Waals surface area contributed by atoms with Gasteiger partial charge in [0, 0.05) is 23.7 Å². The summed E-state index contributed by atoms with van der Waals surface area (Å²) in [6.07, 6.45) is 4.11. The summed E-state index contributed by atoms with van der Waals surface area (Å²) in [5.41, 5.74) is 0.763. The smallest absolute Gasteiger partial charge is 0.409 e. The largest absolute Gasteiger partial charge is 0.447 e. The minimum Gasteiger partial charge on any atom is -0.447 e. The zero-order valence-electron chi connectivity index (χ0n) is 15.6.